The fourth-order valence-electron chi connectivity index (χ4n) is 2.50. The van der Waals surface area contributed by atoms with E-state index >= 15 is 0 Å². The molecule has 0 spiro atoms. The molecular weight excluding hydrogens is 331 g/mol. The molecule has 0 aliphatic carbocycles. The quantitative estimate of drug-likeness (QED) is 0.820. The van der Waals surface area contributed by atoms with Crippen molar-refractivity contribution in [2.75, 3.05) is 32.8 Å². The average molecular weight is 347 g/mol. The van der Waals surface area contributed by atoms with Crippen molar-refractivity contribution in [1.29, 1.82) is 0 Å². The number of halogens is 6. The number of nitrogens with zero attached hydrogens (tertiary/aromatic N) is 1. The summed E-state index contributed by atoms with van der Waals surface area (Å²) in [6.45, 7) is -0.532. The van der Waals surface area contributed by atoms with Gasteiger partial charge in [0.15, 0.2) is 0 Å². The van der Waals surface area contributed by atoms with Crippen LogP contribution in [0.25, 0.3) is 0 Å². The van der Waals surface area contributed by atoms with E-state index in [4.69, 9.17) is 5.11 Å². The number of nitrogens with one attached hydrogen (secondary N) is 1. The molecule has 2 N–H and O–H groups in total. The summed E-state index contributed by atoms with van der Waals surface area (Å²) in [5.41, 5.74) is -0.919. The lowest BCUT2D eigenvalue weighted by molar-refractivity contribution is -0.120. The SMILES string of the molecule is Cl.OCC(F)(F)[C@@H](c1c(F)cc(F)cc1F)N1CCNCC1. The Bertz CT molecular complexity index is 488. The molecule has 126 valence electrons. The van der Waals surface area contributed by atoms with E-state index < -0.39 is 41.6 Å². The van der Waals surface area contributed by atoms with Crippen molar-refractivity contribution in [3.05, 3.63) is 35.1 Å². The fourth-order valence-corrected chi connectivity index (χ4v) is 2.50. The van der Waals surface area contributed by atoms with Crippen LogP contribution in [0.3, 0.4) is 0 Å². The van der Waals surface area contributed by atoms with E-state index in [9.17, 15) is 22.0 Å². The molecule has 0 amide bonds. The number of alkyl halides is 2. The van der Waals surface area contributed by atoms with Gasteiger partial charge in [-0.2, -0.15) is 0 Å². The van der Waals surface area contributed by atoms with Gasteiger partial charge in [0.1, 0.15) is 30.1 Å². The summed E-state index contributed by atoms with van der Waals surface area (Å²) in [7, 11) is 0. The molecule has 1 aromatic rings. The Labute approximate surface area is 130 Å². The Morgan fingerprint density at radius 2 is 1.64 bits per heavy atom. The molecule has 3 nitrogen and oxygen atoms in total. The molecule has 9 heteroatoms. The first-order valence-corrected chi connectivity index (χ1v) is 6.44. The van der Waals surface area contributed by atoms with Crippen molar-refractivity contribution in [1.82, 2.24) is 10.2 Å². The van der Waals surface area contributed by atoms with Gasteiger partial charge >= 0.3 is 0 Å². The minimum atomic E-state index is -3.75. The van der Waals surface area contributed by atoms with Gasteiger partial charge in [-0.3, -0.25) is 4.90 Å². The van der Waals surface area contributed by atoms with Crippen molar-refractivity contribution < 1.29 is 27.1 Å². The van der Waals surface area contributed by atoms with Crippen molar-refractivity contribution in [2.45, 2.75) is 12.0 Å². The van der Waals surface area contributed by atoms with E-state index in [1.54, 1.807) is 0 Å². The molecule has 0 unspecified atom stereocenters. The zero-order valence-corrected chi connectivity index (χ0v) is 12.3. The first-order valence-electron chi connectivity index (χ1n) is 6.44. The maximum absolute atomic E-state index is 14.0. The van der Waals surface area contributed by atoms with Crippen LogP contribution in [0.4, 0.5) is 22.0 Å². The molecular formula is C13H16ClF5N2O. The number of aliphatic hydroxyl groups is 1. The minimum absolute atomic E-state index is 0. The average Bonchev–Trinajstić information content (AvgIpc) is 2.43. The van der Waals surface area contributed by atoms with Gasteiger partial charge in [0.2, 0.25) is 0 Å². The first-order chi connectivity index (χ1) is 9.86. The molecule has 1 aromatic carbocycles. The van der Waals surface area contributed by atoms with Crippen LogP contribution in [0, 0.1) is 17.5 Å². The summed E-state index contributed by atoms with van der Waals surface area (Å²) >= 11 is 0. The maximum atomic E-state index is 14.0. The summed E-state index contributed by atoms with van der Waals surface area (Å²) in [6.07, 6.45) is 0. The largest absolute Gasteiger partial charge is 0.390 e. The molecule has 0 aromatic heterocycles. The Hall–Kier alpha value is -0.960. The molecule has 1 fully saturated rings. The number of piperazine rings is 1. The second-order valence-electron chi connectivity index (χ2n) is 4.89. The van der Waals surface area contributed by atoms with Crippen LogP contribution in [-0.2, 0) is 0 Å². The lowest BCUT2D eigenvalue weighted by atomic mass is 9.97. The lowest BCUT2D eigenvalue weighted by Crippen LogP contribution is -2.51. The molecule has 1 aliphatic heterocycles. The molecule has 0 bridgehead atoms. The summed E-state index contributed by atoms with van der Waals surface area (Å²) in [5, 5.41) is 11.8. The third kappa shape index (κ3) is 3.87. The van der Waals surface area contributed by atoms with E-state index in [2.05, 4.69) is 5.32 Å². The molecule has 1 saturated heterocycles. The van der Waals surface area contributed by atoms with E-state index in [0.717, 1.165) is 0 Å². The van der Waals surface area contributed by atoms with Gasteiger partial charge in [-0.05, 0) is 0 Å². The molecule has 1 atom stereocenters. The number of rotatable bonds is 4. The van der Waals surface area contributed by atoms with Gasteiger partial charge < -0.3 is 10.4 Å². The van der Waals surface area contributed by atoms with Crippen molar-refractivity contribution in [3.8, 4) is 0 Å². The normalized spacial score (nSPS) is 17.9. The second-order valence-corrected chi connectivity index (χ2v) is 4.89. The van der Waals surface area contributed by atoms with Crippen LogP contribution in [0.1, 0.15) is 11.6 Å². The second kappa shape index (κ2) is 7.54. The van der Waals surface area contributed by atoms with Crippen LogP contribution in [-0.4, -0.2) is 48.7 Å². The third-order valence-electron chi connectivity index (χ3n) is 3.44. The Morgan fingerprint density at radius 3 is 2.09 bits per heavy atom. The monoisotopic (exact) mass is 346 g/mol. The van der Waals surface area contributed by atoms with Gasteiger partial charge in [0, 0.05) is 43.9 Å². The standard InChI is InChI=1S/C13H15F5N2O.ClH/c14-8-5-9(15)11(10(16)6-8)12(13(17,18)7-21)20-3-1-19-2-4-20;/h5-6,12,19,21H,1-4,7H2;1H/t12-;/m1./s1. The molecule has 22 heavy (non-hydrogen) atoms. The van der Waals surface area contributed by atoms with Gasteiger partial charge in [0.05, 0.1) is 0 Å². The van der Waals surface area contributed by atoms with Crippen LogP contribution >= 0.6 is 12.4 Å². The summed E-state index contributed by atoms with van der Waals surface area (Å²) in [6, 6.07) is -1.26. The number of aliphatic hydroxyl groups excluding tert-OH is 1. The Morgan fingerprint density at radius 1 is 1.14 bits per heavy atom. The van der Waals surface area contributed by atoms with Gasteiger partial charge in [-0.25, -0.2) is 22.0 Å². The van der Waals surface area contributed by atoms with Crippen LogP contribution in [0.5, 0.6) is 0 Å². The number of benzene rings is 1. The van der Waals surface area contributed by atoms with E-state index in [-0.39, 0.29) is 25.5 Å². The van der Waals surface area contributed by atoms with Gasteiger partial charge in [-0.15, -0.1) is 12.4 Å². The molecule has 1 aliphatic rings. The summed E-state index contributed by atoms with van der Waals surface area (Å²) in [5.74, 6) is -7.70. The predicted octanol–water partition coefficient (Wildman–Crippen LogP) is 2.10. The Kier molecular flexibility index (Phi) is 6.54. The van der Waals surface area contributed by atoms with Crippen LogP contribution < -0.4 is 5.32 Å². The minimum Gasteiger partial charge on any atom is -0.390 e. The van der Waals surface area contributed by atoms with Crippen LogP contribution in [0.2, 0.25) is 0 Å². The topological polar surface area (TPSA) is 35.5 Å². The Balaban J connectivity index is 0.00000242. The smallest absolute Gasteiger partial charge is 0.290 e. The maximum Gasteiger partial charge on any atom is 0.290 e. The molecule has 0 saturated carbocycles. The third-order valence-corrected chi connectivity index (χ3v) is 3.44. The number of hydrogen-bond donors (Lipinski definition) is 2. The zero-order chi connectivity index (χ0) is 15.6. The summed E-state index contributed by atoms with van der Waals surface area (Å²) in [4.78, 5) is 1.19. The van der Waals surface area contributed by atoms with E-state index in [0.29, 0.717) is 25.2 Å². The zero-order valence-electron chi connectivity index (χ0n) is 11.5. The van der Waals surface area contributed by atoms with Crippen molar-refractivity contribution in [2.24, 2.45) is 0 Å². The molecule has 2 rings (SSSR count). The highest BCUT2D eigenvalue weighted by atomic mass is 35.5. The first kappa shape index (κ1) is 19.1. The van der Waals surface area contributed by atoms with Gasteiger partial charge in [0.25, 0.3) is 5.92 Å². The highest BCUT2D eigenvalue weighted by Crippen LogP contribution is 2.39. The van der Waals surface area contributed by atoms with E-state index in [1.165, 1.54) is 4.90 Å². The number of hydrogen-bond acceptors (Lipinski definition) is 3. The lowest BCUT2D eigenvalue weighted by Gasteiger charge is -2.38. The van der Waals surface area contributed by atoms with E-state index in [1.807, 2.05) is 0 Å². The molecule has 0 radical (unpaired) electrons. The van der Waals surface area contributed by atoms with Crippen LogP contribution in [0.15, 0.2) is 12.1 Å². The van der Waals surface area contributed by atoms with Gasteiger partial charge in [-0.1, -0.05) is 0 Å². The van der Waals surface area contributed by atoms with Crippen molar-refractivity contribution in [3.63, 3.8) is 0 Å². The predicted molar refractivity (Wildman–Crippen MR) is 72.8 cm³/mol. The highest BCUT2D eigenvalue weighted by Gasteiger charge is 2.46. The van der Waals surface area contributed by atoms with Crippen molar-refractivity contribution >= 4 is 12.4 Å². The fraction of sp³-hybridized carbons (Fsp3) is 0.538. The summed E-state index contributed by atoms with van der Waals surface area (Å²) < 4.78 is 68.7. The highest BCUT2D eigenvalue weighted by molar-refractivity contribution is 5.85. The molecule has 1 heterocycles.